The second kappa shape index (κ2) is 6.05. The maximum atomic E-state index is 13.5. The maximum Gasteiger partial charge on any atom is 0.193 e. The summed E-state index contributed by atoms with van der Waals surface area (Å²) in [5.41, 5.74) is 0.0596. The van der Waals surface area contributed by atoms with Gasteiger partial charge >= 0.3 is 0 Å². The molecule has 2 aromatic heterocycles. The number of pyridine rings is 2. The fourth-order valence-electron chi connectivity index (χ4n) is 1.95. The normalized spacial score (nSPS) is 10.8. The van der Waals surface area contributed by atoms with Crippen LogP contribution in [0, 0.1) is 5.82 Å². The minimum Gasteiger partial charge on any atom is -0.371 e. The van der Waals surface area contributed by atoms with Gasteiger partial charge in [-0.3, -0.25) is 4.79 Å². The molecule has 0 fully saturated rings. The lowest BCUT2D eigenvalue weighted by atomic mass is 10.2. The molecule has 0 saturated carbocycles. The number of nitrogens with one attached hydrogen (secondary N) is 1. The van der Waals surface area contributed by atoms with Gasteiger partial charge in [-0.25, -0.2) is 9.37 Å². The second-order valence-electron chi connectivity index (χ2n) is 4.35. The van der Waals surface area contributed by atoms with Crippen molar-refractivity contribution in [2.75, 3.05) is 11.9 Å². The number of hydrogen-bond acceptors (Lipinski definition) is 3. The smallest absolute Gasteiger partial charge is 0.193 e. The topological polar surface area (TPSA) is 46.9 Å². The Morgan fingerprint density at radius 2 is 2.30 bits per heavy atom. The second-order valence-corrected chi connectivity index (χ2v) is 4.71. The molecule has 20 heavy (non-hydrogen) atoms. The van der Waals surface area contributed by atoms with Crippen LogP contribution in [0.1, 0.15) is 13.3 Å². The molecule has 0 aliphatic heterocycles. The van der Waals surface area contributed by atoms with Crippen molar-refractivity contribution in [1.82, 2.24) is 9.55 Å². The molecule has 0 bridgehead atoms. The number of halogens is 2. The lowest BCUT2D eigenvalue weighted by molar-refractivity contribution is 0.623. The first kappa shape index (κ1) is 14.5. The van der Waals surface area contributed by atoms with Gasteiger partial charge in [0.25, 0.3) is 0 Å². The molecular weight excluding hydrogens is 281 g/mol. The minimum atomic E-state index is -0.698. The Hall–Kier alpha value is -1.88. The molecule has 2 heterocycles. The Bertz CT molecular complexity index is 712. The van der Waals surface area contributed by atoms with Crippen molar-refractivity contribution < 1.29 is 4.39 Å². The number of fused-ring (bicyclic) bond motifs is 1. The average molecular weight is 296 g/mol. The zero-order valence-corrected chi connectivity index (χ0v) is 11.9. The van der Waals surface area contributed by atoms with E-state index in [1.165, 1.54) is 6.07 Å². The molecule has 0 atom stereocenters. The van der Waals surface area contributed by atoms with Crippen LogP contribution in [-0.4, -0.2) is 16.1 Å². The number of anilines is 1. The first-order valence-electron chi connectivity index (χ1n) is 6.32. The fourth-order valence-corrected chi connectivity index (χ4v) is 2.09. The fraction of sp³-hybridized carbons (Fsp3) is 0.286. The van der Waals surface area contributed by atoms with Gasteiger partial charge in [0.2, 0.25) is 0 Å². The lowest BCUT2D eigenvalue weighted by Gasteiger charge is -2.16. The Balaban J connectivity index is 2.75. The molecule has 4 nitrogen and oxygen atoms in total. The predicted molar refractivity (Wildman–Crippen MR) is 79.9 cm³/mol. The summed E-state index contributed by atoms with van der Waals surface area (Å²) in [5.74, 6) is -0.0740. The van der Waals surface area contributed by atoms with Gasteiger partial charge in [-0.05, 0) is 12.5 Å². The van der Waals surface area contributed by atoms with Gasteiger partial charge in [0.15, 0.2) is 16.4 Å². The molecule has 6 heteroatoms. The Morgan fingerprint density at radius 3 is 2.95 bits per heavy atom. The van der Waals surface area contributed by atoms with E-state index in [0.29, 0.717) is 18.0 Å². The largest absolute Gasteiger partial charge is 0.371 e. The van der Waals surface area contributed by atoms with Crippen molar-refractivity contribution in [1.29, 1.82) is 0 Å². The summed E-state index contributed by atoms with van der Waals surface area (Å²) in [7, 11) is 0. The molecule has 0 spiro atoms. The molecule has 0 unspecified atom stereocenters. The first-order valence-corrected chi connectivity index (χ1v) is 6.70. The van der Waals surface area contributed by atoms with E-state index >= 15 is 0 Å². The molecular formula is C14H15ClFN3O. The highest BCUT2D eigenvalue weighted by Gasteiger charge is 2.13. The van der Waals surface area contributed by atoms with Crippen molar-refractivity contribution >= 4 is 28.5 Å². The summed E-state index contributed by atoms with van der Waals surface area (Å²) in [6, 6.07) is 2.56. The van der Waals surface area contributed by atoms with E-state index in [1.54, 1.807) is 10.6 Å². The SMILES string of the molecule is C=CCn1c(NCCC)cc(=O)c2cc(F)c(Cl)nc21. The summed E-state index contributed by atoms with van der Waals surface area (Å²) < 4.78 is 15.2. The van der Waals surface area contributed by atoms with Gasteiger partial charge in [-0.15, -0.1) is 6.58 Å². The van der Waals surface area contributed by atoms with Gasteiger partial charge in [0.1, 0.15) is 11.5 Å². The van der Waals surface area contributed by atoms with Crippen molar-refractivity contribution in [3.05, 3.63) is 46.0 Å². The standard InChI is InChI=1S/C14H15ClFN3O/c1-3-5-17-12-8-11(20)9-7-10(16)13(15)18-14(9)19(12)6-4-2/h4,7-8,17H,2-3,5-6H2,1H3. The van der Waals surface area contributed by atoms with Crippen LogP contribution in [0.5, 0.6) is 0 Å². The van der Waals surface area contributed by atoms with Crippen LogP contribution in [0.2, 0.25) is 5.15 Å². The van der Waals surface area contributed by atoms with Crippen molar-refractivity contribution in [3.8, 4) is 0 Å². The van der Waals surface area contributed by atoms with E-state index in [4.69, 9.17) is 11.6 Å². The van der Waals surface area contributed by atoms with E-state index in [1.807, 2.05) is 6.92 Å². The van der Waals surface area contributed by atoms with Crippen LogP contribution in [0.15, 0.2) is 29.6 Å². The zero-order valence-electron chi connectivity index (χ0n) is 11.1. The van der Waals surface area contributed by atoms with Crippen LogP contribution in [0.25, 0.3) is 11.0 Å². The highest BCUT2D eigenvalue weighted by molar-refractivity contribution is 6.29. The monoisotopic (exact) mass is 295 g/mol. The van der Waals surface area contributed by atoms with Gasteiger partial charge in [-0.2, -0.15) is 0 Å². The maximum absolute atomic E-state index is 13.5. The van der Waals surface area contributed by atoms with E-state index in [-0.39, 0.29) is 16.0 Å². The molecule has 0 saturated heterocycles. The molecule has 0 aliphatic carbocycles. The summed E-state index contributed by atoms with van der Waals surface area (Å²) in [6.07, 6.45) is 2.60. The quantitative estimate of drug-likeness (QED) is 0.680. The zero-order chi connectivity index (χ0) is 14.7. The third-order valence-electron chi connectivity index (χ3n) is 2.86. The molecule has 2 aromatic rings. The Morgan fingerprint density at radius 1 is 1.55 bits per heavy atom. The summed E-state index contributed by atoms with van der Waals surface area (Å²) >= 11 is 5.72. The predicted octanol–water partition coefficient (Wildman–Crippen LogP) is 3.20. The average Bonchev–Trinajstić information content (AvgIpc) is 2.42. The number of allylic oxidation sites excluding steroid dienone is 1. The number of hydrogen-bond donors (Lipinski definition) is 1. The Kier molecular flexibility index (Phi) is 4.39. The van der Waals surface area contributed by atoms with Crippen molar-refractivity contribution in [3.63, 3.8) is 0 Å². The number of nitrogens with zero attached hydrogens (tertiary/aromatic N) is 2. The van der Waals surface area contributed by atoms with E-state index < -0.39 is 5.82 Å². The molecule has 106 valence electrons. The third kappa shape index (κ3) is 2.67. The lowest BCUT2D eigenvalue weighted by Crippen LogP contribution is -2.16. The molecule has 0 amide bonds. The minimum absolute atomic E-state index is 0.204. The molecule has 0 aliphatic rings. The highest BCUT2D eigenvalue weighted by atomic mass is 35.5. The van der Waals surface area contributed by atoms with Gasteiger partial charge in [0, 0.05) is 19.2 Å². The van der Waals surface area contributed by atoms with Crippen LogP contribution < -0.4 is 10.7 Å². The summed E-state index contributed by atoms with van der Waals surface area (Å²) in [6.45, 7) is 6.87. The molecule has 0 radical (unpaired) electrons. The molecule has 0 aromatic carbocycles. The van der Waals surface area contributed by atoms with Gasteiger partial charge in [-0.1, -0.05) is 24.6 Å². The van der Waals surface area contributed by atoms with Crippen molar-refractivity contribution in [2.45, 2.75) is 19.9 Å². The van der Waals surface area contributed by atoms with E-state index in [9.17, 15) is 9.18 Å². The number of rotatable bonds is 5. The molecule has 2 rings (SSSR count). The van der Waals surface area contributed by atoms with E-state index in [0.717, 1.165) is 19.0 Å². The molecule has 1 N–H and O–H groups in total. The summed E-state index contributed by atoms with van der Waals surface area (Å²) in [5, 5.41) is 3.11. The van der Waals surface area contributed by atoms with Crippen LogP contribution in [0.4, 0.5) is 10.2 Å². The summed E-state index contributed by atoms with van der Waals surface area (Å²) in [4.78, 5) is 16.0. The van der Waals surface area contributed by atoms with E-state index in [2.05, 4.69) is 16.9 Å². The van der Waals surface area contributed by atoms with Gasteiger partial charge < -0.3 is 9.88 Å². The highest BCUT2D eigenvalue weighted by Crippen LogP contribution is 2.20. The van der Waals surface area contributed by atoms with Crippen LogP contribution in [0.3, 0.4) is 0 Å². The van der Waals surface area contributed by atoms with Crippen molar-refractivity contribution in [2.24, 2.45) is 0 Å². The first-order chi connectivity index (χ1) is 9.58. The third-order valence-corrected chi connectivity index (χ3v) is 3.13. The van der Waals surface area contributed by atoms with Crippen LogP contribution >= 0.6 is 11.6 Å². The Labute approximate surface area is 120 Å². The number of aromatic nitrogens is 2. The van der Waals surface area contributed by atoms with Crippen LogP contribution in [-0.2, 0) is 6.54 Å². The van der Waals surface area contributed by atoms with Gasteiger partial charge in [0.05, 0.1) is 5.39 Å².